The highest BCUT2D eigenvalue weighted by Gasteiger charge is 2.45. The molecule has 1 aromatic heterocycles. The Morgan fingerprint density at radius 2 is 1.94 bits per heavy atom. The van der Waals surface area contributed by atoms with Gasteiger partial charge in [0.25, 0.3) is 0 Å². The fraction of sp³-hybridized carbons (Fsp3) is 0.214. The van der Waals surface area contributed by atoms with E-state index in [1.807, 2.05) is 42.5 Å². The van der Waals surface area contributed by atoms with Crippen molar-refractivity contribution in [3.8, 4) is 0 Å². The molecular weight excluding hydrogens is 200 g/mol. The van der Waals surface area contributed by atoms with E-state index in [4.69, 9.17) is 4.42 Å². The van der Waals surface area contributed by atoms with Crippen LogP contribution in [0.1, 0.15) is 28.5 Å². The minimum absolute atomic E-state index is 0.119. The van der Waals surface area contributed by atoms with E-state index in [9.17, 15) is 4.79 Å². The van der Waals surface area contributed by atoms with Crippen molar-refractivity contribution in [1.29, 1.82) is 0 Å². The van der Waals surface area contributed by atoms with Gasteiger partial charge in [-0.1, -0.05) is 30.3 Å². The highest BCUT2D eigenvalue weighted by Crippen LogP contribution is 2.49. The molecule has 2 atom stereocenters. The number of rotatable bonds is 3. The van der Waals surface area contributed by atoms with Gasteiger partial charge in [0.1, 0.15) is 5.76 Å². The molecule has 1 fully saturated rings. The molecule has 2 unspecified atom stereocenters. The number of Topliss-reactive ketones (excluding diaryl/α,β-unsaturated/α-hetero) is 1. The second-order valence-electron chi connectivity index (χ2n) is 4.19. The molecule has 1 heterocycles. The van der Waals surface area contributed by atoms with Gasteiger partial charge in [0.2, 0.25) is 0 Å². The number of benzene rings is 1. The first-order chi connectivity index (χ1) is 7.86. The van der Waals surface area contributed by atoms with Crippen molar-refractivity contribution >= 4 is 5.78 Å². The van der Waals surface area contributed by atoms with Gasteiger partial charge in [-0.05, 0) is 18.6 Å². The highest BCUT2D eigenvalue weighted by atomic mass is 16.3. The van der Waals surface area contributed by atoms with Crippen LogP contribution < -0.4 is 0 Å². The molecule has 0 amide bonds. The van der Waals surface area contributed by atoms with Gasteiger partial charge in [0.15, 0.2) is 5.78 Å². The lowest BCUT2D eigenvalue weighted by Crippen LogP contribution is -2.02. The van der Waals surface area contributed by atoms with Crippen molar-refractivity contribution in [3.63, 3.8) is 0 Å². The van der Waals surface area contributed by atoms with Crippen LogP contribution in [0.5, 0.6) is 0 Å². The Balaban J connectivity index is 1.76. The molecule has 2 heteroatoms. The summed E-state index contributed by atoms with van der Waals surface area (Å²) in [6.45, 7) is 0. The van der Waals surface area contributed by atoms with Crippen LogP contribution in [0, 0.1) is 5.92 Å². The van der Waals surface area contributed by atoms with Crippen LogP contribution in [0.25, 0.3) is 0 Å². The molecule has 1 aliphatic rings. The molecular formula is C14H12O2. The van der Waals surface area contributed by atoms with E-state index in [0.29, 0.717) is 5.92 Å². The quantitative estimate of drug-likeness (QED) is 0.731. The van der Waals surface area contributed by atoms with Crippen molar-refractivity contribution in [2.45, 2.75) is 12.3 Å². The van der Waals surface area contributed by atoms with Crippen molar-refractivity contribution in [2.24, 2.45) is 5.92 Å². The Bertz CT molecular complexity index is 485. The Morgan fingerprint density at radius 1 is 1.12 bits per heavy atom. The summed E-state index contributed by atoms with van der Waals surface area (Å²) >= 11 is 0. The summed E-state index contributed by atoms with van der Waals surface area (Å²) in [6.07, 6.45) is 2.58. The lowest BCUT2D eigenvalue weighted by Gasteiger charge is -1.98. The van der Waals surface area contributed by atoms with E-state index in [-0.39, 0.29) is 11.7 Å². The van der Waals surface area contributed by atoms with E-state index in [2.05, 4.69) is 0 Å². The highest BCUT2D eigenvalue weighted by molar-refractivity contribution is 6.00. The third kappa shape index (κ3) is 1.56. The molecule has 16 heavy (non-hydrogen) atoms. The molecule has 1 saturated carbocycles. The summed E-state index contributed by atoms with van der Waals surface area (Å²) in [6, 6.07) is 13.3. The van der Waals surface area contributed by atoms with Gasteiger partial charge in [0.05, 0.1) is 6.26 Å². The SMILES string of the molecule is O=C(c1ccccc1)C1CC1c1ccco1. The van der Waals surface area contributed by atoms with Gasteiger partial charge in [-0.2, -0.15) is 0 Å². The molecule has 0 spiro atoms. The smallest absolute Gasteiger partial charge is 0.166 e. The lowest BCUT2D eigenvalue weighted by molar-refractivity contribution is 0.0964. The zero-order valence-electron chi connectivity index (χ0n) is 8.80. The average Bonchev–Trinajstić information content (AvgIpc) is 2.95. The second kappa shape index (κ2) is 3.63. The summed E-state index contributed by atoms with van der Waals surface area (Å²) < 4.78 is 5.32. The van der Waals surface area contributed by atoms with E-state index >= 15 is 0 Å². The first-order valence-corrected chi connectivity index (χ1v) is 5.49. The Labute approximate surface area is 93.9 Å². The predicted octanol–water partition coefficient (Wildman–Crippen LogP) is 3.27. The van der Waals surface area contributed by atoms with Crippen LogP contribution in [-0.4, -0.2) is 5.78 Å². The van der Waals surface area contributed by atoms with E-state index in [1.165, 1.54) is 0 Å². The fourth-order valence-corrected chi connectivity index (χ4v) is 2.12. The normalized spacial score (nSPS) is 23.0. The predicted molar refractivity (Wildman–Crippen MR) is 60.3 cm³/mol. The monoisotopic (exact) mass is 212 g/mol. The minimum Gasteiger partial charge on any atom is -0.469 e. The molecule has 1 aromatic carbocycles. The second-order valence-corrected chi connectivity index (χ2v) is 4.19. The van der Waals surface area contributed by atoms with E-state index < -0.39 is 0 Å². The Hall–Kier alpha value is -1.83. The largest absolute Gasteiger partial charge is 0.469 e. The summed E-state index contributed by atoms with van der Waals surface area (Å²) in [7, 11) is 0. The number of hydrogen-bond acceptors (Lipinski definition) is 2. The summed E-state index contributed by atoms with van der Waals surface area (Å²) in [4.78, 5) is 12.1. The van der Waals surface area contributed by atoms with Crippen molar-refractivity contribution < 1.29 is 9.21 Å². The maximum Gasteiger partial charge on any atom is 0.166 e. The zero-order chi connectivity index (χ0) is 11.0. The van der Waals surface area contributed by atoms with Gasteiger partial charge < -0.3 is 4.42 Å². The van der Waals surface area contributed by atoms with Crippen LogP contribution in [-0.2, 0) is 0 Å². The van der Waals surface area contributed by atoms with Crippen molar-refractivity contribution in [2.75, 3.05) is 0 Å². The molecule has 0 saturated heterocycles. The molecule has 0 aliphatic heterocycles. The number of carbonyl (C=O) groups is 1. The van der Waals surface area contributed by atoms with Gasteiger partial charge in [-0.15, -0.1) is 0 Å². The number of ketones is 1. The van der Waals surface area contributed by atoms with Gasteiger partial charge in [0, 0.05) is 17.4 Å². The molecule has 0 N–H and O–H groups in total. The van der Waals surface area contributed by atoms with Gasteiger partial charge in [-0.3, -0.25) is 4.79 Å². The van der Waals surface area contributed by atoms with Gasteiger partial charge in [-0.25, -0.2) is 0 Å². The molecule has 1 aliphatic carbocycles. The number of carbonyl (C=O) groups excluding carboxylic acids is 1. The summed E-state index contributed by atoms with van der Waals surface area (Å²) in [5.74, 6) is 1.59. The molecule has 2 aromatic rings. The maximum atomic E-state index is 12.1. The van der Waals surface area contributed by atoms with Crippen molar-refractivity contribution in [1.82, 2.24) is 0 Å². The fourth-order valence-electron chi connectivity index (χ4n) is 2.12. The molecule has 0 radical (unpaired) electrons. The molecule has 80 valence electrons. The van der Waals surface area contributed by atoms with Crippen LogP contribution in [0.15, 0.2) is 53.1 Å². The van der Waals surface area contributed by atoms with E-state index in [0.717, 1.165) is 17.7 Å². The van der Waals surface area contributed by atoms with Crippen LogP contribution in [0.4, 0.5) is 0 Å². The average molecular weight is 212 g/mol. The maximum absolute atomic E-state index is 12.1. The first kappa shape index (κ1) is 9.40. The summed E-state index contributed by atoms with van der Waals surface area (Å²) in [5, 5.41) is 0. The number of hydrogen-bond donors (Lipinski definition) is 0. The third-order valence-corrected chi connectivity index (χ3v) is 3.09. The number of furan rings is 1. The standard InChI is InChI=1S/C14H12O2/c15-14(10-5-2-1-3-6-10)12-9-11(12)13-7-4-8-16-13/h1-8,11-12H,9H2. The lowest BCUT2D eigenvalue weighted by atomic mass is 10.1. The molecule has 3 rings (SSSR count). The third-order valence-electron chi connectivity index (χ3n) is 3.09. The van der Waals surface area contributed by atoms with Crippen LogP contribution in [0.3, 0.4) is 0 Å². The zero-order valence-corrected chi connectivity index (χ0v) is 8.80. The van der Waals surface area contributed by atoms with Crippen molar-refractivity contribution in [3.05, 3.63) is 60.1 Å². The minimum atomic E-state index is 0.119. The topological polar surface area (TPSA) is 30.2 Å². The van der Waals surface area contributed by atoms with Crippen LogP contribution >= 0.6 is 0 Å². The Kier molecular flexibility index (Phi) is 2.13. The summed E-state index contributed by atoms with van der Waals surface area (Å²) in [5.41, 5.74) is 0.807. The van der Waals surface area contributed by atoms with E-state index in [1.54, 1.807) is 6.26 Å². The van der Waals surface area contributed by atoms with Gasteiger partial charge >= 0.3 is 0 Å². The first-order valence-electron chi connectivity index (χ1n) is 5.49. The van der Waals surface area contributed by atoms with Crippen LogP contribution in [0.2, 0.25) is 0 Å². The molecule has 2 nitrogen and oxygen atoms in total. The molecule has 0 bridgehead atoms. The Morgan fingerprint density at radius 3 is 2.62 bits per heavy atom.